The molecule has 20 heavy (non-hydrogen) atoms. The average molecular weight is 335 g/mol. The summed E-state index contributed by atoms with van der Waals surface area (Å²) < 4.78 is 5.90. The summed E-state index contributed by atoms with van der Waals surface area (Å²) >= 11 is 3.34. The molecule has 6 heteroatoms. The van der Waals surface area contributed by atoms with Crippen LogP contribution in [0, 0.1) is 0 Å². The summed E-state index contributed by atoms with van der Waals surface area (Å²) in [6.45, 7) is 2.61. The number of aromatic nitrogens is 2. The molecular formula is C14H15BrN4O. The summed E-state index contributed by atoms with van der Waals surface area (Å²) in [7, 11) is 1.59. The number of hydrogen-bond acceptors (Lipinski definition) is 5. The highest BCUT2D eigenvalue weighted by Gasteiger charge is 2.10. The lowest BCUT2D eigenvalue weighted by atomic mass is 10.1. The van der Waals surface area contributed by atoms with Crippen molar-refractivity contribution in [3.05, 3.63) is 45.6 Å². The number of nitrogens with one attached hydrogen (secondary N) is 2. The molecule has 0 radical (unpaired) electrons. The lowest BCUT2D eigenvalue weighted by Gasteiger charge is -2.08. The van der Waals surface area contributed by atoms with Crippen molar-refractivity contribution in [1.29, 1.82) is 0 Å². The zero-order chi connectivity index (χ0) is 13.9. The fourth-order valence-electron chi connectivity index (χ4n) is 2.22. The fourth-order valence-corrected chi connectivity index (χ4v) is 2.57. The van der Waals surface area contributed by atoms with Gasteiger partial charge >= 0.3 is 0 Å². The highest BCUT2D eigenvalue weighted by atomic mass is 79.9. The number of nitrogens with zero attached hydrogens (tertiary/aromatic N) is 2. The largest absolute Gasteiger partial charge is 0.480 e. The first kappa shape index (κ1) is 13.3. The number of anilines is 1. The molecule has 0 atom stereocenters. The standard InChI is InChI=1S/C14H15BrN4O/c1-20-13-12(15)8-18-14(19-13)17-5-9-2-3-10-6-16-7-11(10)4-9/h2-4,8,16H,5-7H2,1H3,(H,17,18,19). The van der Waals surface area contributed by atoms with E-state index in [1.807, 2.05) is 0 Å². The van der Waals surface area contributed by atoms with E-state index in [1.165, 1.54) is 16.7 Å². The number of benzene rings is 1. The predicted molar refractivity (Wildman–Crippen MR) is 80.6 cm³/mol. The third kappa shape index (κ3) is 2.76. The van der Waals surface area contributed by atoms with E-state index in [9.17, 15) is 0 Å². The van der Waals surface area contributed by atoms with E-state index < -0.39 is 0 Å². The van der Waals surface area contributed by atoms with Crippen molar-refractivity contribution in [2.45, 2.75) is 19.6 Å². The summed E-state index contributed by atoms with van der Waals surface area (Å²) in [4.78, 5) is 8.49. The number of hydrogen-bond donors (Lipinski definition) is 2. The van der Waals surface area contributed by atoms with Crippen molar-refractivity contribution < 1.29 is 4.74 Å². The second kappa shape index (κ2) is 5.76. The molecule has 104 valence electrons. The molecule has 0 amide bonds. The van der Waals surface area contributed by atoms with Crippen LogP contribution in [0.4, 0.5) is 5.95 Å². The topological polar surface area (TPSA) is 59.1 Å². The van der Waals surface area contributed by atoms with Crippen LogP contribution >= 0.6 is 15.9 Å². The molecule has 1 aromatic heterocycles. The molecule has 0 saturated heterocycles. The van der Waals surface area contributed by atoms with Crippen LogP contribution in [0.15, 0.2) is 28.9 Å². The van der Waals surface area contributed by atoms with Crippen molar-refractivity contribution in [2.24, 2.45) is 0 Å². The Hall–Kier alpha value is -1.66. The molecule has 2 N–H and O–H groups in total. The predicted octanol–water partition coefficient (Wildman–Crippen LogP) is 2.46. The van der Waals surface area contributed by atoms with E-state index >= 15 is 0 Å². The molecule has 2 aromatic rings. The molecule has 0 spiro atoms. The molecule has 0 aliphatic carbocycles. The molecule has 0 saturated carbocycles. The quantitative estimate of drug-likeness (QED) is 0.899. The summed E-state index contributed by atoms with van der Waals surface area (Å²) in [5.41, 5.74) is 3.98. The van der Waals surface area contributed by atoms with Crippen molar-refractivity contribution in [3.8, 4) is 5.88 Å². The second-order valence-electron chi connectivity index (χ2n) is 4.61. The van der Waals surface area contributed by atoms with Crippen molar-refractivity contribution >= 4 is 21.9 Å². The number of methoxy groups -OCH3 is 1. The second-order valence-corrected chi connectivity index (χ2v) is 5.47. The molecule has 3 rings (SSSR count). The van der Waals surface area contributed by atoms with E-state index in [1.54, 1.807) is 13.3 Å². The van der Waals surface area contributed by atoms with Crippen LogP contribution < -0.4 is 15.4 Å². The molecule has 0 fully saturated rings. The van der Waals surface area contributed by atoms with Crippen LogP contribution in [-0.4, -0.2) is 17.1 Å². The Morgan fingerprint density at radius 2 is 2.20 bits per heavy atom. The number of ether oxygens (including phenoxy) is 1. The van der Waals surface area contributed by atoms with Crippen LogP contribution in [-0.2, 0) is 19.6 Å². The van der Waals surface area contributed by atoms with Gasteiger partial charge in [0, 0.05) is 19.6 Å². The first-order valence-corrected chi connectivity index (χ1v) is 7.17. The lowest BCUT2D eigenvalue weighted by molar-refractivity contribution is 0.394. The number of halogens is 1. The van der Waals surface area contributed by atoms with Gasteiger partial charge in [-0.15, -0.1) is 0 Å². The van der Waals surface area contributed by atoms with E-state index in [0.29, 0.717) is 18.4 Å². The minimum Gasteiger partial charge on any atom is -0.480 e. The van der Waals surface area contributed by atoms with Crippen LogP contribution in [0.1, 0.15) is 16.7 Å². The zero-order valence-corrected chi connectivity index (χ0v) is 12.7. The minimum absolute atomic E-state index is 0.528. The van der Waals surface area contributed by atoms with Gasteiger partial charge in [0.15, 0.2) is 0 Å². The summed E-state index contributed by atoms with van der Waals surface area (Å²) in [5, 5.41) is 6.55. The third-order valence-corrected chi connectivity index (χ3v) is 3.80. The maximum absolute atomic E-state index is 5.15. The van der Waals surface area contributed by atoms with E-state index in [0.717, 1.165) is 17.6 Å². The van der Waals surface area contributed by atoms with Crippen molar-refractivity contribution in [2.75, 3.05) is 12.4 Å². The third-order valence-electron chi connectivity index (χ3n) is 3.26. The van der Waals surface area contributed by atoms with Gasteiger partial charge in [-0.2, -0.15) is 4.98 Å². The van der Waals surface area contributed by atoms with Gasteiger partial charge in [-0.1, -0.05) is 18.2 Å². The van der Waals surface area contributed by atoms with E-state index in [4.69, 9.17) is 4.74 Å². The molecule has 0 bridgehead atoms. The van der Waals surface area contributed by atoms with Crippen LogP contribution in [0.25, 0.3) is 0 Å². The molecule has 2 heterocycles. The Balaban J connectivity index is 1.70. The van der Waals surface area contributed by atoms with Gasteiger partial charge in [-0.25, -0.2) is 4.98 Å². The Kier molecular flexibility index (Phi) is 3.84. The van der Waals surface area contributed by atoms with Gasteiger partial charge in [0.05, 0.1) is 17.8 Å². The molecular weight excluding hydrogens is 320 g/mol. The summed E-state index contributed by atoms with van der Waals surface area (Å²) in [5.74, 6) is 1.09. The number of fused-ring (bicyclic) bond motifs is 1. The van der Waals surface area contributed by atoms with Gasteiger partial charge in [0.1, 0.15) is 0 Å². The molecule has 1 aliphatic rings. The highest BCUT2D eigenvalue weighted by Crippen LogP contribution is 2.22. The molecule has 0 unspecified atom stereocenters. The number of rotatable bonds is 4. The Morgan fingerprint density at radius 1 is 1.35 bits per heavy atom. The minimum atomic E-state index is 0.528. The van der Waals surface area contributed by atoms with Crippen LogP contribution in [0.5, 0.6) is 5.88 Å². The van der Waals surface area contributed by atoms with Crippen molar-refractivity contribution in [1.82, 2.24) is 15.3 Å². The fraction of sp³-hybridized carbons (Fsp3) is 0.286. The summed E-state index contributed by atoms with van der Waals surface area (Å²) in [6, 6.07) is 6.53. The first-order valence-electron chi connectivity index (χ1n) is 6.38. The van der Waals surface area contributed by atoms with Gasteiger partial charge in [0.25, 0.3) is 0 Å². The van der Waals surface area contributed by atoms with Gasteiger partial charge in [0.2, 0.25) is 11.8 Å². The zero-order valence-electron chi connectivity index (χ0n) is 11.1. The maximum atomic E-state index is 5.15. The molecule has 1 aliphatic heterocycles. The Bertz CT molecular complexity index is 622. The smallest absolute Gasteiger partial charge is 0.232 e. The van der Waals surface area contributed by atoms with Crippen molar-refractivity contribution in [3.63, 3.8) is 0 Å². The Labute approximate surface area is 125 Å². The molecule has 1 aromatic carbocycles. The first-order chi connectivity index (χ1) is 9.76. The summed E-state index contributed by atoms with van der Waals surface area (Å²) in [6.07, 6.45) is 1.68. The lowest BCUT2D eigenvalue weighted by Crippen LogP contribution is -2.05. The van der Waals surface area contributed by atoms with Crippen LogP contribution in [0.2, 0.25) is 0 Å². The normalized spacial score (nSPS) is 13.1. The van der Waals surface area contributed by atoms with Gasteiger partial charge in [-0.05, 0) is 32.6 Å². The van der Waals surface area contributed by atoms with Gasteiger partial charge in [-0.3, -0.25) is 0 Å². The highest BCUT2D eigenvalue weighted by molar-refractivity contribution is 9.10. The van der Waals surface area contributed by atoms with Gasteiger partial charge < -0.3 is 15.4 Å². The van der Waals surface area contributed by atoms with E-state index in [2.05, 4.69) is 54.7 Å². The SMILES string of the molecule is COc1nc(NCc2ccc3c(c2)CNC3)ncc1Br. The monoisotopic (exact) mass is 334 g/mol. The average Bonchev–Trinajstić information content (AvgIpc) is 2.94. The van der Waals surface area contributed by atoms with E-state index in [-0.39, 0.29) is 0 Å². The Morgan fingerprint density at radius 3 is 3.05 bits per heavy atom. The van der Waals surface area contributed by atoms with Crippen LogP contribution in [0.3, 0.4) is 0 Å². The molecule has 5 nitrogen and oxygen atoms in total. The maximum Gasteiger partial charge on any atom is 0.232 e.